The Bertz CT molecular complexity index is 866. The smallest absolute Gasteiger partial charge is 0.242 e. The second kappa shape index (κ2) is 9.07. The number of hydrogen-bond donors (Lipinski definition) is 3. The van der Waals surface area contributed by atoms with Crippen LogP contribution in [0.3, 0.4) is 0 Å². The molecule has 2 unspecified atom stereocenters. The highest BCUT2D eigenvalue weighted by Gasteiger charge is 2.31. The van der Waals surface area contributed by atoms with Crippen molar-refractivity contribution < 1.29 is 19.4 Å². The van der Waals surface area contributed by atoms with Crippen molar-refractivity contribution in [1.82, 2.24) is 5.32 Å². The van der Waals surface area contributed by atoms with Gasteiger partial charge in [-0.2, -0.15) is 0 Å². The van der Waals surface area contributed by atoms with Crippen molar-refractivity contribution in [1.29, 1.82) is 0 Å². The quantitative estimate of drug-likeness (QED) is 0.640. The molecule has 1 aliphatic rings. The molecule has 0 aromatic heterocycles. The molecule has 1 heterocycles. The molecule has 3 N–H and O–H groups in total. The molecule has 0 radical (unpaired) electrons. The summed E-state index contributed by atoms with van der Waals surface area (Å²) in [6, 6.07) is 13.1. The fourth-order valence-electron chi connectivity index (χ4n) is 2.91. The number of anilines is 1. The number of β-amino-alcohol motifs (C(OH)–C–C–N with tert-alkyl or cyclic N) is 1. The van der Waals surface area contributed by atoms with Crippen LogP contribution >= 0.6 is 11.8 Å². The Morgan fingerprint density at radius 3 is 2.72 bits per heavy atom. The molecule has 1 aliphatic heterocycles. The van der Waals surface area contributed by atoms with Gasteiger partial charge in [0, 0.05) is 22.5 Å². The van der Waals surface area contributed by atoms with Crippen LogP contribution in [0.25, 0.3) is 0 Å². The predicted octanol–water partition coefficient (Wildman–Crippen LogP) is 3.61. The Morgan fingerprint density at radius 1 is 1.24 bits per heavy atom. The molecular weight excluding hydrogens is 388 g/mol. The highest BCUT2D eigenvalue weighted by Crippen LogP contribution is 2.46. The number of aliphatic hydroxyl groups is 1. The van der Waals surface area contributed by atoms with E-state index in [4.69, 9.17) is 9.47 Å². The van der Waals surface area contributed by atoms with E-state index in [0.717, 1.165) is 16.1 Å². The van der Waals surface area contributed by atoms with Crippen molar-refractivity contribution in [2.75, 3.05) is 25.6 Å². The zero-order valence-electron chi connectivity index (χ0n) is 17.2. The Balaban J connectivity index is 1.78. The molecule has 1 amide bonds. The average molecular weight is 417 g/mol. The second-order valence-electron chi connectivity index (χ2n) is 7.98. The summed E-state index contributed by atoms with van der Waals surface area (Å²) in [6.07, 6.45) is -0.669. The van der Waals surface area contributed by atoms with Crippen LogP contribution < -0.4 is 20.1 Å². The largest absolute Gasteiger partial charge is 0.497 e. The number of rotatable bonds is 7. The molecule has 0 aliphatic carbocycles. The third-order valence-corrected chi connectivity index (χ3v) is 5.74. The molecule has 6 nitrogen and oxygen atoms in total. The van der Waals surface area contributed by atoms with Crippen LogP contribution in [-0.4, -0.2) is 42.9 Å². The van der Waals surface area contributed by atoms with Gasteiger partial charge in [0.05, 0.1) is 12.8 Å². The van der Waals surface area contributed by atoms with Gasteiger partial charge in [-0.15, -0.1) is 11.8 Å². The summed E-state index contributed by atoms with van der Waals surface area (Å²) in [6.45, 7) is 6.66. The summed E-state index contributed by atoms with van der Waals surface area (Å²) in [7, 11) is 1.59. The van der Waals surface area contributed by atoms with Gasteiger partial charge in [-0.05, 0) is 51.1 Å². The van der Waals surface area contributed by atoms with Gasteiger partial charge in [-0.3, -0.25) is 4.79 Å². The minimum Gasteiger partial charge on any atom is -0.497 e. The summed E-state index contributed by atoms with van der Waals surface area (Å²) < 4.78 is 11.3. The minimum absolute atomic E-state index is 0.0868. The lowest BCUT2D eigenvalue weighted by molar-refractivity contribution is -0.115. The Kier molecular flexibility index (Phi) is 6.72. The maximum atomic E-state index is 12.8. The molecule has 29 heavy (non-hydrogen) atoms. The zero-order chi connectivity index (χ0) is 21.0. The summed E-state index contributed by atoms with van der Waals surface area (Å²) in [4.78, 5) is 13.8. The third kappa shape index (κ3) is 5.65. The van der Waals surface area contributed by atoms with E-state index in [0.29, 0.717) is 18.0 Å². The van der Waals surface area contributed by atoms with Gasteiger partial charge in [-0.1, -0.05) is 12.1 Å². The predicted molar refractivity (Wildman–Crippen MR) is 116 cm³/mol. The van der Waals surface area contributed by atoms with E-state index in [-0.39, 0.29) is 18.1 Å². The van der Waals surface area contributed by atoms with Crippen LogP contribution in [0.1, 0.15) is 31.6 Å². The number of fused-ring (bicyclic) bond motifs is 1. The molecule has 0 bridgehead atoms. The molecule has 3 rings (SSSR count). The van der Waals surface area contributed by atoms with Crippen LogP contribution in [0, 0.1) is 0 Å². The first kappa shape index (κ1) is 21.5. The number of hydrogen-bond acceptors (Lipinski definition) is 6. The van der Waals surface area contributed by atoms with Gasteiger partial charge in [0.25, 0.3) is 0 Å². The lowest BCUT2D eigenvalue weighted by atomic mass is 10.1. The number of para-hydroxylation sites is 1. The SMILES string of the molecule is COc1ccc(OCC(O)CNC(C)(C)C)c(C2Sc3ccccc3NC2=O)c1. The molecule has 7 heteroatoms. The molecule has 156 valence electrons. The maximum absolute atomic E-state index is 12.8. The molecule has 2 aromatic carbocycles. The molecule has 0 saturated carbocycles. The van der Waals surface area contributed by atoms with E-state index >= 15 is 0 Å². The fourth-order valence-corrected chi connectivity index (χ4v) is 4.05. The summed E-state index contributed by atoms with van der Waals surface area (Å²) in [5, 5.41) is 16.0. The van der Waals surface area contributed by atoms with Crippen molar-refractivity contribution in [3.05, 3.63) is 48.0 Å². The number of benzene rings is 2. The molecule has 2 aromatic rings. The Labute approximate surface area is 176 Å². The maximum Gasteiger partial charge on any atom is 0.242 e. The number of nitrogens with one attached hydrogen (secondary N) is 2. The van der Waals surface area contributed by atoms with E-state index in [9.17, 15) is 9.90 Å². The van der Waals surface area contributed by atoms with Crippen molar-refractivity contribution in [3.8, 4) is 11.5 Å². The first-order chi connectivity index (χ1) is 13.8. The van der Waals surface area contributed by atoms with Crippen molar-refractivity contribution in [3.63, 3.8) is 0 Å². The number of carbonyl (C=O) groups is 1. The lowest BCUT2D eigenvalue weighted by Gasteiger charge is -2.26. The van der Waals surface area contributed by atoms with E-state index < -0.39 is 11.4 Å². The summed E-state index contributed by atoms with van der Waals surface area (Å²) in [5.74, 6) is 1.10. The fraction of sp³-hybridized carbons (Fsp3) is 0.409. The van der Waals surface area contributed by atoms with Gasteiger partial charge in [0.15, 0.2) is 0 Å². The van der Waals surface area contributed by atoms with Gasteiger partial charge in [-0.25, -0.2) is 0 Å². The first-order valence-corrected chi connectivity index (χ1v) is 10.4. The van der Waals surface area contributed by atoms with Crippen LogP contribution in [-0.2, 0) is 4.79 Å². The number of aliphatic hydroxyl groups excluding tert-OH is 1. The van der Waals surface area contributed by atoms with Gasteiger partial charge >= 0.3 is 0 Å². The van der Waals surface area contributed by atoms with E-state index in [1.54, 1.807) is 19.2 Å². The topological polar surface area (TPSA) is 79.8 Å². The number of amides is 1. The van der Waals surface area contributed by atoms with Crippen molar-refractivity contribution in [2.24, 2.45) is 0 Å². The molecule has 0 spiro atoms. The number of ether oxygens (including phenoxy) is 2. The second-order valence-corrected chi connectivity index (χ2v) is 9.13. The van der Waals surface area contributed by atoms with E-state index in [1.165, 1.54) is 11.8 Å². The highest BCUT2D eigenvalue weighted by molar-refractivity contribution is 8.00. The molecule has 0 fully saturated rings. The van der Waals surface area contributed by atoms with Crippen LogP contribution in [0.4, 0.5) is 5.69 Å². The number of carbonyl (C=O) groups excluding carboxylic acids is 1. The average Bonchev–Trinajstić information content (AvgIpc) is 2.69. The summed E-state index contributed by atoms with van der Waals surface area (Å²) >= 11 is 1.48. The van der Waals surface area contributed by atoms with E-state index in [2.05, 4.69) is 10.6 Å². The van der Waals surface area contributed by atoms with Crippen LogP contribution in [0.5, 0.6) is 11.5 Å². The van der Waals surface area contributed by atoms with Crippen LogP contribution in [0.15, 0.2) is 47.4 Å². The Hall–Kier alpha value is -2.22. The first-order valence-electron chi connectivity index (χ1n) is 9.57. The number of methoxy groups -OCH3 is 1. The molecule has 2 atom stereocenters. The zero-order valence-corrected chi connectivity index (χ0v) is 18.0. The van der Waals surface area contributed by atoms with Gasteiger partial charge in [0.2, 0.25) is 5.91 Å². The van der Waals surface area contributed by atoms with Crippen molar-refractivity contribution >= 4 is 23.4 Å². The standard InChI is InChI=1S/C22H28N2O4S/c1-22(2,3)23-12-14(25)13-28-18-10-9-15(27-4)11-16(18)20-21(26)24-17-7-5-6-8-19(17)29-20/h5-11,14,20,23,25H,12-13H2,1-4H3,(H,24,26). The lowest BCUT2D eigenvalue weighted by Crippen LogP contribution is -2.42. The van der Waals surface area contributed by atoms with Crippen molar-refractivity contribution in [2.45, 2.75) is 42.6 Å². The summed E-state index contributed by atoms with van der Waals surface area (Å²) in [5.41, 5.74) is 1.45. The monoisotopic (exact) mass is 416 g/mol. The van der Waals surface area contributed by atoms with Crippen LogP contribution in [0.2, 0.25) is 0 Å². The minimum atomic E-state index is -0.669. The highest BCUT2D eigenvalue weighted by atomic mass is 32.2. The normalized spacial score (nSPS) is 17.3. The third-order valence-electron chi connectivity index (χ3n) is 4.43. The molecular formula is C22H28N2O4S. The van der Waals surface area contributed by atoms with E-state index in [1.807, 2.05) is 51.1 Å². The van der Waals surface area contributed by atoms with Gasteiger partial charge in [0.1, 0.15) is 29.5 Å². The number of thioether (sulfide) groups is 1. The Morgan fingerprint density at radius 2 is 2.00 bits per heavy atom. The molecule has 0 saturated heterocycles. The van der Waals surface area contributed by atoms with Gasteiger partial charge < -0.3 is 25.2 Å².